The van der Waals surface area contributed by atoms with Crippen molar-refractivity contribution in [3.8, 4) is 11.5 Å². The van der Waals surface area contributed by atoms with E-state index in [-0.39, 0.29) is 5.95 Å². The lowest BCUT2D eigenvalue weighted by Crippen LogP contribution is -2.15. The van der Waals surface area contributed by atoms with Gasteiger partial charge in [-0.15, -0.1) is 5.10 Å². The molecule has 1 aliphatic heterocycles. The maximum atomic E-state index is 5.68. The Morgan fingerprint density at radius 2 is 1.94 bits per heavy atom. The van der Waals surface area contributed by atoms with Gasteiger partial charge in [-0.05, 0) is 17.7 Å². The molecule has 7 nitrogen and oxygen atoms in total. The van der Waals surface area contributed by atoms with E-state index in [1.807, 2.05) is 18.2 Å². The highest BCUT2D eigenvalue weighted by molar-refractivity contribution is 5.44. The van der Waals surface area contributed by atoms with Crippen LogP contribution in [0.3, 0.4) is 0 Å². The van der Waals surface area contributed by atoms with Crippen molar-refractivity contribution in [1.82, 2.24) is 14.8 Å². The van der Waals surface area contributed by atoms with Gasteiger partial charge in [0, 0.05) is 0 Å². The fourth-order valence-corrected chi connectivity index (χ4v) is 1.85. The van der Waals surface area contributed by atoms with Crippen LogP contribution in [-0.2, 0) is 6.54 Å². The topological polar surface area (TPSA) is 101 Å². The number of nitrogens with two attached hydrogens (primary N) is 2. The average molecular weight is 247 g/mol. The third-order valence-electron chi connectivity index (χ3n) is 2.66. The van der Waals surface area contributed by atoms with Crippen LogP contribution in [0.25, 0.3) is 0 Å². The lowest BCUT2D eigenvalue weighted by atomic mass is 10.2. The molecule has 18 heavy (non-hydrogen) atoms. The molecule has 2 heterocycles. The van der Waals surface area contributed by atoms with Crippen LogP contribution >= 0.6 is 0 Å². The van der Waals surface area contributed by atoms with Crippen LogP contribution in [-0.4, -0.2) is 28.0 Å². The van der Waals surface area contributed by atoms with Gasteiger partial charge in [0.25, 0.3) is 0 Å². The molecule has 1 aromatic heterocycles. The fraction of sp³-hybridized carbons (Fsp3) is 0.273. The number of fused-ring (bicyclic) bond motifs is 1. The molecular weight excluding hydrogens is 234 g/mol. The van der Waals surface area contributed by atoms with Crippen LogP contribution in [0.2, 0.25) is 0 Å². The number of nitrogen functional groups attached to an aromatic ring is 2. The Labute approximate surface area is 103 Å². The molecule has 0 aliphatic carbocycles. The second kappa shape index (κ2) is 4.10. The molecular formula is C11H13N5O2. The van der Waals surface area contributed by atoms with Gasteiger partial charge in [0.2, 0.25) is 11.9 Å². The molecule has 1 aromatic carbocycles. The van der Waals surface area contributed by atoms with E-state index < -0.39 is 0 Å². The molecule has 1 aliphatic rings. The Bertz CT molecular complexity index is 581. The Kier molecular flexibility index (Phi) is 2.44. The number of rotatable bonds is 2. The SMILES string of the molecule is Nc1nc(N)n(Cc2ccc3c(c2)OCCO3)n1. The van der Waals surface area contributed by atoms with Gasteiger partial charge >= 0.3 is 0 Å². The van der Waals surface area contributed by atoms with Crippen molar-refractivity contribution >= 4 is 11.9 Å². The first-order valence-corrected chi connectivity index (χ1v) is 5.57. The first-order chi connectivity index (χ1) is 8.72. The van der Waals surface area contributed by atoms with Crippen molar-refractivity contribution in [2.24, 2.45) is 0 Å². The maximum Gasteiger partial charge on any atom is 0.241 e. The molecule has 94 valence electrons. The summed E-state index contributed by atoms with van der Waals surface area (Å²) in [6.07, 6.45) is 0. The van der Waals surface area contributed by atoms with Crippen molar-refractivity contribution in [3.05, 3.63) is 23.8 Å². The summed E-state index contributed by atoms with van der Waals surface area (Å²) in [6, 6.07) is 5.72. The summed E-state index contributed by atoms with van der Waals surface area (Å²) in [5, 5.41) is 4.00. The predicted molar refractivity (Wildman–Crippen MR) is 65.4 cm³/mol. The minimum Gasteiger partial charge on any atom is -0.486 e. The van der Waals surface area contributed by atoms with Crippen LogP contribution < -0.4 is 20.9 Å². The first kappa shape index (κ1) is 10.7. The lowest BCUT2D eigenvalue weighted by molar-refractivity contribution is 0.171. The maximum absolute atomic E-state index is 5.68. The number of nitrogens with zero attached hydrogens (tertiary/aromatic N) is 3. The quantitative estimate of drug-likeness (QED) is 0.789. The molecule has 0 fully saturated rings. The Morgan fingerprint density at radius 1 is 1.17 bits per heavy atom. The van der Waals surface area contributed by atoms with Crippen molar-refractivity contribution < 1.29 is 9.47 Å². The van der Waals surface area contributed by atoms with E-state index in [4.69, 9.17) is 20.9 Å². The number of hydrogen-bond acceptors (Lipinski definition) is 6. The van der Waals surface area contributed by atoms with E-state index in [1.165, 1.54) is 0 Å². The summed E-state index contributed by atoms with van der Waals surface area (Å²) in [4.78, 5) is 3.85. The summed E-state index contributed by atoms with van der Waals surface area (Å²) < 4.78 is 12.5. The van der Waals surface area contributed by atoms with E-state index in [1.54, 1.807) is 4.68 Å². The number of anilines is 2. The van der Waals surface area contributed by atoms with Gasteiger partial charge in [0.05, 0.1) is 6.54 Å². The smallest absolute Gasteiger partial charge is 0.241 e. The lowest BCUT2D eigenvalue weighted by Gasteiger charge is -2.18. The largest absolute Gasteiger partial charge is 0.486 e. The molecule has 0 amide bonds. The zero-order valence-electron chi connectivity index (χ0n) is 9.67. The highest BCUT2D eigenvalue weighted by Gasteiger charge is 2.12. The molecule has 0 bridgehead atoms. The summed E-state index contributed by atoms with van der Waals surface area (Å²) in [6.45, 7) is 1.64. The Morgan fingerprint density at radius 3 is 2.67 bits per heavy atom. The highest BCUT2D eigenvalue weighted by atomic mass is 16.6. The minimum absolute atomic E-state index is 0.171. The molecule has 2 aromatic rings. The summed E-state index contributed by atoms with van der Waals surface area (Å²) >= 11 is 0. The summed E-state index contributed by atoms with van der Waals surface area (Å²) in [5.41, 5.74) is 12.2. The van der Waals surface area contributed by atoms with Gasteiger partial charge in [-0.2, -0.15) is 4.98 Å². The number of benzene rings is 1. The van der Waals surface area contributed by atoms with Gasteiger partial charge in [-0.1, -0.05) is 6.07 Å². The van der Waals surface area contributed by atoms with Crippen LogP contribution in [0.15, 0.2) is 18.2 Å². The predicted octanol–water partition coefficient (Wildman–Crippen LogP) is 0.262. The standard InChI is InChI=1S/C11H13N5O2/c12-10-14-11(13)16(15-10)6-7-1-2-8-9(5-7)18-4-3-17-8/h1-2,5H,3-4,6H2,(H4,12,13,14,15). The summed E-state index contributed by atoms with van der Waals surface area (Å²) in [7, 11) is 0. The van der Waals surface area contributed by atoms with Gasteiger partial charge in [0.1, 0.15) is 13.2 Å². The molecule has 3 rings (SSSR count). The Hall–Kier alpha value is -2.44. The zero-order valence-corrected chi connectivity index (χ0v) is 9.67. The van der Waals surface area contributed by atoms with Crippen molar-refractivity contribution in [2.45, 2.75) is 6.54 Å². The normalized spacial score (nSPS) is 13.6. The number of hydrogen-bond donors (Lipinski definition) is 2. The van der Waals surface area contributed by atoms with Crippen LogP contribution in [0.4, 0.5) is 11.9 Å². The zero-order chi connectivity index (χ0) is 12.5. The van der Waals surface area contributed by atoms with E-state index in [2.05, 4.69) is 10.1 Å². The third kappa shape index (κ3) is 1.90. The third-order valence-corrected chi connectivity index (χ3v) is 2.66. The number of aromatic nitrogens is 3. The van der Waals surface area contributed by atoms with Gasteiger partial charge < -0.3 is 20.9 Å². The van der Waals surface area contributed by atoms with E-state index in [0.717, 1.165) is 17.1 Å². The second-order valence-corrected chi connectivity index (χ2v) is 3.96. The molecule has 0 atom stereocenters. The fourth-order valence-electron chi connectivity index (χ4n) is 1.85. The molecule has 0 spiro atoms. The van der Waals surface area contributed by atoms with Crippen LogP contribution in [0, 0.1) is 0 Å². The first-order valence-electron chi connectivity index (χ1n) is 5.57. The molecule has 0 unspecified atom stereocenters. The molecule has 7 heteroatoms. The molecule has 0 saturated heterocycles. The molecule has 4 N–H and O–H groups in total. The van der Waals surface area contributed by atoms with Gasteiger partial charge in [-0.25, -0.2) is 4.68 Å². The summed E-state index contributed by atoms with van der Waals surface area (Å²) in [5.74, 6) is 1.97. The minimum atomic E-state index is 0.171. The highest BCUT2D eigenvalue weighted by Crippen LogP contribution is 2.31. The molecule has 0 radical (unpaired) electrons. The average Bonchev–Trinajstić information content (AvgIpc) is 2.68. The van der Waals surface area contributed by atoms with Gasteiger partial charge in [-0.3, -0.25) is 0 Å². The molecule has 0 saturated carbocycles. The van der Waals surface area contributed by atoms with E-state index >= 15 is 0 Å². The monoisotopic (exact) mass is 247 g/mol. The van der Waals surface area contributed by atoms with E-state index in [0.29, 0.717) is 25.7 Å². The second-order valence-electron chi connectivity index (χ2n) is 3.96. The number of ether oxygens (including phenoxy) is 2. The van der Waals surface area contributed by atoms with Crippen LogP contribution in [0.1, 0.15) is 5.56 Å². The van der Waals surface area contributed by atoms with Crippen molar-refractivity contribution in [1.29, 1.82) is 0 Å². The van der Waals surface area contributed by atoms with Crippen LogP contribution in [0.5, 0.6) is 11.5 Å². The van der Waals surface area contributed by atoms with Gasteiger partial charge in [0.15, 0.2) is 11.5 Å². The van der Waals surface area contributed by atoms with E-state index in [9.17, 15) is 0 Å². The Balaban J connectivity index is 1.87. The van der Waals surface area contributed by atoms with Crippen molar-refractivity contribution in [2.75, 3.05) is 24.7 Å². The van der Waals surface area contributed by atoms with Crippen molar-refractivity contribution in [3.63, 3.8) is 0 Å².